The average molecular weight is 227 g/mol. The molecule has 0 aliphatic carbocycles. The second kappa shape index (κ2) is 3.23. The fraction of sp³-hybridized carbons (Fsp3) is 0.143. The van der Waals surface area contributed by atoms with Crippen molar-refractivity contribution in [2.75, 3.05) is 0 Å². The fourth-order valence-corrected chi connectivity index (χ4v) is 1.78. The molecule has 0 saturated heterocycles. The van der Waals surface area contributed by atoms with Gasteiger partial charge in [0, 0.05) is 16.2 Å². The van der Waals surface area contributed by atoms with Crippen LogP contribution in [-0.2, 0) is 9.05 Å². The second-order valence-electron chi connectivity index (χ2n) is 2.42. The number of benzene rings is 1. The van der Waals surface area contributed by atoms with Crippen LogP contribution in [0.5, 0.6) is 0 Å². The highest BCUT2D eigenvalue weighted by Crippen LogP contribution is 2.22. The van der Waals surface area contributed by atoms with Crippen molar-refractivity contribution in [1.29, 1.82) is 0 Å². The summed E-state index contributed by atoms with van der Waals surface area (Å²) in [6.07, 6.45) is 0. The van der Waals surface area contributed by atoms with Crippen LogP contribution in [0.4, 0.5) is 8.78 Å². The lowest BCUT2D eigenvalue weighted by Crippen LogP contribution is -1.99. The second-order valence-corrected chi connectivity index (χ2v) is 4.96. The van der Waals surface area contributed by atoms with E-state index in [-0.39, 0.29) is 5.56 Å². The smallest absolute Gasteiger partial charge is 0.207 e. The predicted molar refractivity (Wildman–Crippen MR) is 44.1 cm³/mol. The van der Waals surface area contributed by atoms with Crippen molar-refractivity contribution in [3.63, 3.8) is 0 Å². The Hall–Kier alpha value is -0.680. The number of halogens is 3. The fourth-order valence-electron chi connectivity index (χ4n) is 0.825. The monoisotopic (exact) mass is 226 g/mol. The molecule has 0 heterocycles. The van der Waals surface area contributed by atoms with E-state index in [2.05, 4.69) is 0 Å². The van der Waals surface area contributed by atoms with Crippen LogP contribution in [0.15, 0.2) is 17.0 Å². The highest BCUT2D eigenvalue weighted by molar-refractivity contribution is 8.13. The summed E-state index contributed by atoms with van der Waals surface area (Å²) in [4.78, 5) is -0.701. The summed E-state index contributed by atoms with van der Waals surface area (Å²) in [5, 5.41) is 0. The first-order valence-corrected chi connectivity index (χ1v) is 5.54. The van der Waals surface area contributed by atoms with Crippen LogP contribution in [0, 0.1) is 18.6 Å². The quantitative estimate of drug-likeness (QED) is 0.688. The van der Waals surface area contributed by atoms with Gasteiger partial charge in [-0.05, 0) is 19.1 Å². The van der Waals surface area contributed by atoms with E-state index in [9.17, 15) is 17.2 Å². The first-order chi connectivity index (χ1) is 5.84. The van der Waals surface area contributed by atoms with Gasteiger partial charge in [-0.3, -0.25) is 0 Å². The molecule has 1 rings (SSSR count). The van der Waals surface area contributed by atoms with Crippen molar-refractivity contribution in [2.24, 2.45) is 0 Å². The molecule has 0 unspecified atom stereocenters. The van der Waals surface area contributed by atoms with E-state index in [4.69, 9.17) is 10.7 Å². The average Bonchev–Trinajstić information content (AvgIpc) is 1.98. The van der Waals surface area contributed by atoms with Crippen LogP contribution >= 0.6 is 10.7 Å². The maximum atomic E-state index is 13.1. The van der Waals surface area contributed by atoms with Gasteiger partial charge in [0.25, 0.3) is 9.05 Å². The molecule has 0 bridgehead atoms. The van der Waals surface area contributed by atoms with Gasteiger partial charge in [-0.15, -0.1) is 0 Å². The minimum atomic E-state index is -4.14. The molecule has 1 aromatic carbocycles. The molecule has 1 aromatic rings. The Kier molecular flexibility index (Phi) is 2.58. The molecular weight excluding hydrogens is 222 g/mol. The first-order valence-electron chi connectivity index (χ1n) is 3.23. The van der Waals surface area contributed by atoms with Crippen molar-refractivity contribution >= 4 is 19.7 Å². The van der Waals surface area contributed by atoms with Gasteiger partial charge < -0.3 is 0 Å². The van der Waals surface area contributed by atoms with Gasteiger partial charge in [-0.25, -0.2) is 17.2 Å². The Morgan fingerprint density at radius 3 is 2.31 bits per heavy atom. The summed E-state index contributed by atoms with van der Waals surface area (Å²) in [6, 6.07) is 1.65. The van der Waals surface area contributed by atoms with Crippen LogP contribution < -0.4 is 0 Å². The summed E-state index contributed by atoms with van der Waals surface area (Å²) in [5.41, 5.74) is -0.360. The highest BCUT2D eigenvalue weighted by Gasteiger charge is 2.19. The van der Waals surface area contributed by atoms with E-state index in [0.717, 1.165) is 19.1 Å². The van der Waals surface area contributed by atoms with Gasteiger partial charge in [0.05, 0.1) is 0 Å². The Bertz CT molecular complexity index is 442. The zero-order valence-electron chi connectivity index (χ0n) is 6.51. The van der Waals surface area contributed by atoms with Crippen molar-refractivity contribution < 1.29 is 17.2 Å². The molecule has 0 atom stereocenters. The standard InChI is InChI=1S/C7H5ClF2O2S/c1-4-5(9)2-3-6(7(4)10)13(8,11)12/h2-3H,1H3. The van der Waals surface area contributed by atoms with Crippen LogP contribution in [-0.4, -0.2) is 8.42 Å². The molecule has 6 heteroatoms. The lowest BCUT2D eigenvalue weighted by Gasteiger charge is -2.02. The van der Waals surface area contributed by atoms with Gasteiger partial charge in [0.2, 0.25) is 0 Å². The van der Waals surface area contributed by atoms with Crippen LogP contribution in [0.25, 0.3) is 0 Å². The zero-order valence-corrected chi connectivity index (χ0v) is 8.09. The molecule has 0 fully saturated rings. The Morgan fingerprint density at radius 2 is 1.85 bits per heavy atom. The summed E-state index contributed by atoms with van der Waals surface area (Å²) in [5.74, 6) is -1.95. The first kappa shape index (κ1) is 10.4. The summed E-state index contributed by atoms with van der Waals surface area (Å²) < 4.78 is 47.2. The topological polar surface area (TPSA) is 34.1 Å². The van der Waals surface area contributed by atoms with Crippen LogP contribution in [0.2, 0.25) is 0 Å². The largest absolute Gasteiger partial charge is 0.264 e. The van der Waals surface area contributed by atoms with Crippen molar-refractivity contribution in [1.82, 2.24) is 0 Å². The minimum absolute atomic E-state index is 0.360. The van der Waals surface area contributed by atoms with Crippen molar-refractivity contribution in [2.45, 2.75) is 11.8 Å². The van der Waals surface area contributed by atoms with Crippen molar-refractivity contribution in [3.8, 4) is 0 Å². The van der Waals surface area contributed by atoms with Crippen molar-refractivity contribution in [3.05, 3.63) is 29.3 Å². The van der Waals surface area contributed by atoms with Gasteiger partial charge in [-0.2, -0.15) is 0 Å². The molecule has 0 radical (unpaired) electrons. The SMILES string of the molecule is Cc1c(F)ccc(S(=O)(=O)Cl)c1F. The third kappa shape index (κ3) is 1.97. The molecule has 0 aromatic heterocycles. The Labute approximate surface area is 78.6 Å². The molecular formula is C7H5ClF2O2S. The number of rotatable bonds is 1. The van der Waals surface area contributed by atoms with E-state index in [0.29, 0.717) is 0 Å². The molecule has 0 N–H and O–H groups in total. The summed E-state index contributed by atoms with van der Waals surface area (Å²) in [7, 11) is 0.756. The van der Waals surface area contributed by atoms with E-state index in [1.54, 1.807) is 0 Å². The lowest BCUT2D eigenvalue weighted by atomic mass is 10.2. The molecule has 0 aliphatic heterocycles. The maximum absolute atomic E-state index is 13.1. The molecule has 2 nitrogen and oxygen atoms in total. The van der Waals surface area contributed by atoms with E-state index in [1.165, 1.54) is 0 Å². The van der Waals surface area contributed by atoms with Gasteiger partial charge >= 0.3 is 0 Å². The lowest BCUT2D eigenvalue weighted by molar-refractivity contribution is 0.541. The Morgan fingerprint density at radius 1 is 1.31 bits per heavy atom. The number of hydrogen-bond acceptors (Lipinski definition) is 2. The Balaban J connectivity index is 3.53. The predicted octanol–water partition coefficient (Wildman–Crippen LogP) is 2.20. The maximum Gasteiger partial charge on any atom is 0.264 e. The third-order valence-electron chi connectivity index (χ3n) is 1.55. The number of hydrogen-bond donors (Lipinski definition) is 0. The normalized spacial score (nSPS) is 11.7. The summed E-state index contributed by atoms with van der Waals surface area (Å²) in [6.45, 7) is 1.14. The minimum Gasteiger partial charge on any atom is -0.207 e. The van der Waals surface area contributed by atoms with Crippen LogP contribution in [0.1, 0.15) is 5.56 Å². The zero-order chi connectivity index (χ0) is 10.2. The third-order valence-corrected chi connectivity index (χ3v) is 2.89. The molecule has 0 spiro atoms. The summed E-state index contributed by atoms with van der Waals surface area (Å²) >= 11 is 0. The molecule has 0 aliphatic rings. The molecule has 0 amide bonds. The van der Waals surface area contributed by atoms with E-state index < -0.39 is 25.6 Å². The molecule has 0 saturated carbocycles. The van der Waals surface area contributed by atoms with Gasteiger partial charge in [0.15, 0.2) is 0 Å². The van der Waals surface area contributed by atoms with Gasteiger partial charge in [-0.1, -0.05) is 0 Å². The van der Waals surface area contributed by atoms with Crippen LogP contribution in [0.3, 0.4) is 0 Å². The van der Waals surface area contributed by atoms with Gasteiger partial charge in [0.1, 0.15) is 16.5 Å². The highest BCUT2D eigenvalue weighted by atomic mass is 35.7. The molecule has 13 heavy (non-hydrogen) atoms. The van der Waals surface area contributed by atoms with E-state index >= 15 is 0 Å². The molecule has 72 valence electrons. The van der Waals surface area contributed by atoms with E-state index in [1.807, 2.05) is 0 Å².